The topological polar surface area (TPSA) is 4.93 Å². The van der Waals surface area contributed by atoms with E-state index in [0.29, 0.717) is 0 Å². The van der Waals surface area contributed by atoms with Crippen molar-refractivity contribution in [3.8, 4) is 39.1 Å². The Labute approximate surface area is 222 Å². The minimum Gasteiger partial charge on any atom is -0.309 e. The zero-order valence-corrected chi connectivity index (χ0v) is 20.9. The maximum Gasteiger partial charge on any atom is 0.0541 e. The summed E-state index contributed by atoms with van der Waals surface area (Å²) in [6, 6.07) is 50.9. The van der Waals surface area contributed by atoms with Gasteiger partial charge < -0.3 is 4.57 Å². The van der Waals surface area contributed by atoms with Gasteiger partial charge >= 0.3 is 0 Å². The van der Waals surface area contributed by atoms with Gasteiger partial charge in [0.2, 0.25) is 0 Å². The van der Waals surface area contributed by atoms with Crippen LogP contribution in [0, 0.1) is 0 Å². The molecule has 0 saturated carbocycles. The molecule has 0 aliphatic heterocycles. The molecule has 1 heterocycles. The molecular weight excluding hydrogens is 458 g/mol. The number of fused-ring (bicyclic) bond motifs is 6. The van der Waals surface area contributed by atoms with E-state index in [1.165, 1.54) is 72.0 Å². The molecule has 38 heavy (non-hydrogen) atoms. The van der Waals surface area contributed by atoms with E-state index >= 15 is 0 Å². The number of nitrogens with zero attached hydrogens (tertiary/aromatic N) is 1. The summed E-state index contributed by atoms with van der Waals surface area (Å²) in [6.07, 6.45) is 1.03. The number of aromatic nitrogens is 1. The third-order valence-electron chi connectivity index (χ3n) is 8.04. The molecule has 1 aliphatic carbocycles. The lowest BCUT2D eigenvalue weighted by Gasteiger charge is -2.10. The van der Waals surface area contributed by atoms with E-state index in [0.717, 1.165) is 6.42 Å². The summed E-state index contributed by atoms with van der Waals surface area (Å²) in [5.41, 5.74) is 14.2. The van der Waals surface area contributed by atoms with Crippen LogP contribution in [0.2, 0.25) is 0 Å². The summed E-state index contributed by atoms with van der Waals surface area (Å²) in [6.45, 7) is 0. The second kappa shape index (κ2) is 8.33. The average Bonchev–Trinajstić information content (AvgIpc) is 3.53. The van der Waals surface area contributed by atoms with Gasteiger partial charge in [-0.2, -0.15) is 0 Å². The third-order valence-corrected chi connectivity index (χ3v) is 8.04. The predicted octanol–water partition coefficient (Wildman–Crippen LogP) is 9.69. The number of benzene rings is 6. The Morgan fingerprint density at radius 3 is 1.92 bits per heavy atom. The van der Waals surface area contributed by atoms with Crippen LogP contribution in [0.5, 0.6) is 0 Å². The fraction of sp³-hybridized carbons (Fsp3) is 0.0270. The molecule has 0 bridgehead atoms. The molecular formula is C37H25N. The fourth-order valence-corrected chi connectivity index (χ4v) is 6.17. The summed E-state index contributed by atoms with van der Waals surface area (Å²) >= 11 is 0. The van der Waals surface area contributed by atoms with Crippen molar-refractivity contribution in [2.75, 3.05) is 0 Å². The van der Waals surface area contributed by atoms with Crippen molar-refractivity contribution in [1.82, 2.24) is 4.57 Å². The highest BCUT2D eigenvalue weighted by Gasteiger charge is 2.19. The Balaban J connectivity index is 1.26. The normalized spacial score (nSPS) is 12.1. The summed E-state index contributed by atoms with van der Waals surface area (Å²) in [7, 11) is 0. The molecule has 0 fully saturated rings. The predicted molar refractivity (Wildman–Crippen MR) is 160 cm³/mol. The zero-order valence-electron chi connectivity index (χ0n) is 20.9. The van der Waals surface area contributed by atoms with Crippen molar-refractivity contribution in [2.24, 2.45) is 0 Å². The summed E-state index contributed by atoms with van der Waals surface area (Å²) in [5.74, 6) is 0. The van der Waals surface area contributed by atoms with Crippen LogP contribution in [0.1, 0.15) is 11.1 Å². The van der Waals surface area contributed by atoms with Gasteiger partial charge in [-0.25, -0.2) is 0 Å². The van der Waals surface area contributed by atoms with Gasteiger partial charge in [0, 0.05) is 16.5 Å². The molecule has 0 radical (unpaired) electrons. The SMILES string of the molecule is c1ccc(-c2ccc(-n3c4ccccc4c4cc(-c5ccc6c(c5)-c5ccccc5C6)ccc43)cc2)cc1. The maximum atomic E-state index is 2.39. The van der Waals surface area contributed by atoms with Gasteiger partial charge in [-0.15, -0.1) is 0 Å². The Hall–Kier alpha value is -4.88. The average molecular weight is 484 g/mol. The number of para-hydroxylation sites is 1. The van der Waals surface area contributed by atoms with Crippen molar-refractivity contribution in [2.45, 2.75) is 6.42 Å². The van der Waals surface area contributed by atoms with Gasteiger partial charge in [0.15, 0.2) is 0 Å². The molecule has 0 atom stereocenters. The molecule has 0 N–H and O–H groups in total. The van der Waals surface area contributed by atoms with Crippen LogP contribution >= 0.6 is 0 Å². The highest BCUT2D eigenvalue weighted by Crippen LogP contribution is 2.40. The Morgan fingerprint density at radius 1 is 0.395 bits per heavy atom. The first-order chi connectivity index (χ1) is 18.8. The minimum absolute atomic E-state index is 1.03. The van der Waals surface area contributed by atoms with Crippen molar-refractivity contribution >= 4 is 21.8 Å². The Bertz CT molecular complexity index is 1970. The fourth-order valence-electron chi connectivity index (χ4n) is 6.17. The molecule has 0 amide bonds. The summed E-state index contributed by atoms with van der Waals surface area (Å²) < 4.78 is 2.39. The van der Waals surface area contributed by atoms with Crippen LogP contribution in [-0.4, -0.2) is 4.57 Å². The van der Waals surface area contributed by atoms with E-state index in [1.807, 2.05) is 0 Å². The van der Waals surface area contributed by atoms with E-state index in [4.69, 9.17) is 0 Å². The van der Waals surface area contributed by atoms with E-state index in [9.17, 15) is 0 Å². The quantitative estimate of drug-likeness (QED) is 0.236. The van der Waals surface area contributed by atoms with Gasteiger partial charge in [-0.3, -0.25) is 0 Å². The van der Waals surface area contributed by atoms with Gasteiger partial charge in [0.25, 0.3) is 0 Å². The van der Waals surface area contributed by atoms with Gasteiger partial charge in [0.05, 0.1) is 11.0 Å². The molecule has 0 unspecified atom stereocenters. The second-order valence-electron chi connectivity index (χ2n) is 10.2. The lowest BCUT2D eigenvalue weighted by Crippen LogP contribution is -1.93. The van der Waals surface area contributed by atoms with Crippen molar-refractivity contribution in [1.29, 1.82) is 0 Å². The first-order valence-corrected chi connectivity index (χ1v) is 13.2. The summed E-state index contributed by atoms with van der Waals surface area (Å²) in [5, 5.41) is 2.56. The van der Waals surface area contributed by atoms with E-state index in [2.05, 4.69) is 144 Å². The molecule has 0 spiro atoms. The molecule has 1 nitrogen and oxygen atoms in total. The Morgan fingerprint density at radius 2 is 1.03 bits per heavy atom. The molecule has 7 aromatic rings. The molecule has 178 valence electrons. The van der Waals surface area contributed by atoms with Crippen LogP contribution in [0.25, 0.3) is 60.9 Å². The number of rotatable bonds is 3. The third kappa shape index (κ3) is 3.26. The maximum absolute atomic E-state index is 2.39. The lowest BCUT2D eigenvalue weighted by molar-refractivity contribution is 1.18. The lowest BCUT2D eigenvalue weighted by atomic mass is 9.97. The van der Waals surface area contributed by atoms with E-state index < -0.39 is 0 Å². The molecule has 6 aromatic carbocycles. The van der Waals surface area contributed by atoms with Crippen LogP contribution in [-0.2, 0) is 6.42 Å². The highest BCUT2D eigenvalue weighted by molar-refractivity contribution is 6.10. The van der Waals surface area contributed by atoms with Crippen molar-refractivity contribution in [3.05, 3.63) is 151 Å². The Kier molecular flexibility index (Phi) is 4.65. The van der Waals surface area contributed by atoms with Crippen LogP contribution in [0.15, 0.2) is 140 Å². The molecule has 0 saturated heterocycles. The minimum atomic E-state index is 1.03. The molecule has 1 aliphatic rings. The molecule has 1 heteroatoms. The first kappa shape index (κ1) is 21.2. The van der Waals surface area contributed by atoms with E-state index in [1.54, 1.807) is 0 Å². The van der Waals surface area contributed by atoms with Crippen molar-refractivity contribution < 1.29 is 0 Å². The zero-order chi connectivity index (χ0) is 25.1. The molecule has 1 aromatic heterocycles. The van der Waals surface area contributed by atoms with Crippen LogP contribution in [0.4, 0.5) is 0 Å². The van der Waals surface area contributed by atoms with Gasteiger partial charge in [0.1, 0.15) is 0 Å². The number of hydrogen-bond donors (Lipinski definition) is 0. The number of hydrogen-bond acceptors (Lipinski definition) is 0. The summed E-state index contributed by atoms with van der Waals surface area (Å²) in [4.78, 5) is 0. The van der Waals surface area contributed by atoms with Crippen LogP contribution < -0.4 is 0 Å². The highest BCUT2D eigenvalue weighted by atomic mass is 15.0. The largest absolute Gasteiger partial charge is 0.309 e. The van der Waals surface area contributed by atoms with Crippen LogP contribution in [0.3, 0.4) is 0 Å². The first-order valence-electron chi connectivity index (χ1n) is 13.2. The molecule has 8 rings (SSSR count). The van der Waals surface area contributed by atoms with Gasteiger partial charge in [-0.1, -0.05) is 103 Å². The second-order valence-corrected chi connectivity index (χ2v) is 10.2. The monoisotopic (exact) mass is 483 g/mol. The van der Waals surface area contributed by atoms with E-state index in [-0.39, 0.29) is 0 Å². The standard InChI is InChI=1S/C37H25N/c1-2-8-25(9-3-1)26-16-19-31(20-17-26)38-36-13-7-6-12-33(36)35-24-28(18-21-37(35)38)27-14-15-30-22-29-10-4-5-11-32(29)34(30)23-27/h1-21,23-24H,22H2. The van der Waals surface area contributed by atoms with Crippen molar-refractivity contribution in [3.63, 3.8) is 0 Å². The smallest absolute Gasteiger partial charge is 0.0541 e. The van der Waals surface area contributed by atoms with Gasteiger partial charge in [-0.05, 0) is 87.3 Å².